The van der Waals surface area contributed by atoms with Gasteiger partial charge in [0.25, 0.3) is 5.56 Å². The van der Waals surface area contributed by atoms with Crippen LogP contribution in [-0.4, -0.2) is 52.2 Å². The van der Waals surface area contributed by atoms with Gasteiger partial charge < -0.3 is 19.3 Å². The molecule has 2 fully saturated rings. The van der Waals surface area contributed by atoms with Crippen molar-refractivity contribution >= 4 is 23.8 Å². The minimum Gasteiger partial charge on any atom is -0.496 e. The number of aliphatic hydroxyl groups is 1. The molecule has 0 radical (unpaired) electrons. The summed E-state index contributed by atoms with van der Waals surface area (Å²) in [5, 5.41) is 10.9. The number of piperidine rings is 1. The maximum absolute atomic E-state index is 13.4. The van der Waals surface area contributed by atoms with Crippen molar-refractivity contribution in [2.75, 3.05) is 19.6 Å². The summed E-state index contributed by atoms with van der Waals surface area (Å²) >= 11 is 0. The maximum Gasteiger partial charge on any atom is 0.250 e. The van der Waals surface area contributed by atoms with Crippen LogP contribution in [0.1, 0.15) is 36.4 Å². The highest BCUT2D eigenvalue weighted by molar-refractivity contribution is 6.22. The maximum atomic E-state index is 13.4. The van der Waals surface area contributed by atoms with Crippen LogP contribution in [0.3, 0.4) is 0 Å². The summed E-state index contributed by atoms with van der Waals surface area (Å²) in [6, 6.07) is 15.3. The Morgan fingerprint density at radius 3 is 2.62 bits per heavy atom. The van der Waals surface area contributed by atoms with Gasteiger partial charge in [-0.25, -0.2) is 0 Å². The van der Waals surface area contributed by atoms with Crippen LogP contribution in [0.15, 0.2) is 59.6 Å². The summed E-state index contributed by atoms with van der Waals surface area (Å²) in [6.45, 7) is 3.27. The lowest BCUT2D eigenvalue weighted by atomic mass is 9.71. The number of likely N-dealkylation sites (tertiary alicyclic amines) is 1. The number of aromatic nitrogens is 1. The summed E-state index contributed by atoms with van der Waals surface area (Å²) in [5.41, 5.74) is 2.75. The monoisotopic (exact) mass is 482 g/mol. The number of rotatable bonds is 3. The number of ether oxygens (including phenoxy) is 1. The SMILES string of the molecule is Cl.O=C1C(c2ccccc2)=COC2C1CCC(O)C2CN1C[C@H]2C[C@@H](C1)c1cccc(=O)n1C2. The third-order valence-electron chi connectivity index (χ3n) is 8.14. The zero-order chi connectivity index (χ0) is 22.5. The van der Waals surface area contributed by atoms with E-state index in [0.717, 1.165) is 37.3 Å². The van der Waals surface area contributed by atoms with E-state index < -0.39 is 6.10 Å². The minimum absolute atomic E-state index is 0. The van der Waals surface area contributed by atoms with Gasteiger partial charge in [0, 0.05) is 49.8 Å². The number of allylic oxidation sites excluding steroid dienone is 1. The van der Waals surface area contributed by atoms with E-state index in [2.05, 4.69) is 11.0 Å². The molecule has 0 spiro atoms. The predicted molar refractivity (Wildman–Crippen MR) is 132 cm³/mol. The van der Waals surface area contributed by atoms with Crippen molar-refractivity contribution in [1.29, 1.82) is 0 Å². The fourth-order valence-electron chi connectivity index (χ4n) is 6.62. The topological polar surface area (TPSA) is 71.8 Å². The molecule has 2 bridgehead atoms. The quantitative estimate of drug-likeness (QED) is 0.728. The van der Waals surface area contributed by atoms with Gasteiger partial charge in [-0.1, -0.05) is 36.4 Å². The minimum atomic E-state index is -0.470. The number of Topliss-reactive ketones (excluding diaryl/α,β-unsaturated/α-hetero) is 1. The third kappa shape index (κ3) is 4.02. The van der Waals surface area contributed by atoms with Crippen LogP contribution >= 0.6 is 12.4 Å². The fraction of sp³-hybridized carbons (Fsp3) is 0.481. The molecule has 6 atom stereocenters. The van der Waals surface area contributed by atoms with Crippen LogP contribution in [0.4, 0.5) is 0 Å². The molecule has 1 saturated heterocycles. The molecule has 2 aromatic rings. The Morgan fingerprint density at radius 1 is 0.971 bits per heavy atom. The van der Waals surface area contributed by atoms with Crippen LogP contribution in [0.2, 0.25) is 0 Å². The van der Waals surface area contributed by atoms with E-state index in [-0.39, 0.29) is 41.7 Å². The molecular weight excluding hydrogens is 452 g/mol. The van der Waals surface area contributed by atoms with E-state index in [1.54, 1.807) is 12.3 Å². The Kier molecular flexibility index (Phi) is 6.40. The molecule has 0 amide bonds. The number of hydrogen-bond acceptors (Lipinski definition) is 5. The number of ketones is 1. The van der Waals surface area contributed by atoms with Gasteiger partial charge in [-0.05, 0) is 36.8 Å². The standard InChI is InChI=1S/C27H30N2O4.ClH/c30-24-10-9-20-26(32)22(18-5-2-1-3-6-18)16-33-27(20)21(24)15-28-12-17-11-19(14-28)23-7-4-8-25(31)29(23)13-17;/h1-8,16-17,19-21,24,27,30H,9-15H2;1H/t17-,19+,20?,21?,24?,27?;/m1./s1. The van der Waals surface area contributed by atoms with Gasteiger partial charge in [-0.3, -0.25) is 9.59 Å². The zero-order valence-electron chi connectivity index (χ0n) is 19.1. The summed E-state index contributed by atoms with van der Waals surface area (Å²) < 4.78 is 8.14. The summed E-state index contributed by atoms with van der Waals surface area (Å²) in [5.74, 6) is 0.603. The molecule has 6 rings (SSSR count). The van der Waals surface area contributed by atoms with Gasteiger partial charge in [0.2, 0.25) is 0 Å². The van der Waals surface area contributed by atoms with E-state index >= 15 is 0 Å². The van der Waals surface area contributed by atoms with E-state index in [1.165, 1.54) is 0 Å². The highest BCUT2D eigenvalue weighted by Gasteiger charge is 2.47. The molecule has 1 N–H and O–H groups in total. The molecule has 4 unspecified atom stereocenters. The second kappa shape index (κ2) is 9.33. The van der Waals surface area contributed by atoms with Gasteiger partial charge in [-0.15, -0.1) is 12.4 Å². The van der Waals surface area contributed by atoms with Crippen LogP contribution in [0.25, 0.3) is 5.57 Å². The zero-order valence-corrected chi connectivity index (χ0v) is 19.9. The van der Waals surface area contributed by atoms with E-state index in [4.69, 9.17) is 4.74 Å². The largest absolute Gasteiger partial charge is 0.496 e. The number of benzene rings is 1. The van der Waals surface area contributed by atoms with Gasteiger partial charge in [0.1, 0.15) is 6.10 Å². The number of nitrogens with zero attached hydrogens (tertiary/aromatic N) is 2. The molecule has 180 valence electrons. The summed E-state index contributed by atoms with van der Waals surface area (Å²) in [7, 11) is 0. The van der Waals surface area contributed by atoms with Crippen LogP contribution in [-0.2, 0) is 16.1 Å². The lowest BCUT2D eigenvalue weighted by molar-refractivity contribution is -0.134. The normalized spacial score (nSPS) is 32.5. The first kappa shape index (κ1) is 23.3. The van der Waals surface area contributed by atoms with Crippen molar-refractivity contribution in [1.82, 2.24) is 9.47 Å². The fourth-order valence-corrected chi connectivity index (χ4v) is 6.62. The molecule has 7 heteroatoms. The highest BCUT2D eigenvalue weighted by atomic mass is 35.5. The Morgan fingerprint density at radius 2 is 1.79 bits per heavy atom. The smallest absolute Gasteiger partial charge is 0.250 e. The predicted octanol–water partition coefficient (Wildman–Crippen LogP) is 3.09. The molecule has 4 aliphatic rings. The number of carbonyl (C=O) groups is 1. The van der Waals surface area contributed by atoms with Crippen molar-refractivity contribution in [2.45, 2.75) is 43.9 Å². The van der Waals surface area contributed by atoms with Gasteiger partial charge >= 0.3 is 0 Å². The molecular formula is C27H31ClN2O4. The highest BCUT2D eigenvalue weighted by Crippen LogP contribution is 2.41. The Hall–Kier alpha value is -2.41. The van der Waals surface area contributed by atoms with E-state index in [9.17, 15) is 14.7 Å². The number of halogens is 1. The van der Waals surface area contributed by atoms with Crippen molar-refractivity contribution in [3.8, 4) is 0 Å². The first-order valence-corrected chi connectivity index (χ1v) is 12.1. The molecule has 4 heterocycles. The number of fused-ring (bicyclic) bond motifs is 5. The lowest BCUT2D eigenvalue weighted by Crippen LogP contribution is -2.54. The third-order valence-corrected chi connectivity index (χ3v) is 8.14. The molecule has 1 aliphatic carbocycles. The van der Waals surface area contributed by atoms with Gasteiger partial charge in [0.15, 0.2) is 5.78 Å². The van der Waals surface area contributed by atoms with Gasteiger partial charge in [-0.2, -0.15) is 0 Å². The second-order valence-electron chi connectivity index (χ2n) is 10.2. The molecule has 1 aromatic carbocycles. The number of aliphatic hydroxyl groups excluding tert-OH is 1. The molecule has 1 saturated carbocycles. The second-order valence-corrected chi connectivity index (χ2v) is 10.2. The van der Waals surface area contributed by atoms with Crippen molar-refractivity contribution in [3.05, 3.63) is 76.4 Å². The first-order valence-electron chi connectivity index (χ1n) is 12.1. The average molecular weight is 483 g/mol. The molecule has 3 aliphatic heterocycles. The van der Waals surface area contributed by atoms with Gasteiger partial charge in [0.05, 0.1) is 23.9 Å². The Bertz CT molecular complexity index is 1150. The number of hydrogen-bond donors (Lipinski definition) is 1. The average Bonchev–Trinajstić information content (AvgIpc) is 2.82. The van der Waals surface area contributed by atoms with E-state index in [1.807, 2.05) is 41.0 Å². The molecule has 34 heavy (non-hydrogen) atoms. The Balaban J connectivity index is 0.00000241. The number of pyridine rings is 1. The van der Waals surface area contributed by atoms with Crippen LogP contribution < -0.4 is 5.56 Å². The van der Waals surface area contributed by atoms with Crippen molar-refractivity contribution in [3.63, 3.8) is 0 Å². The molecule has 1 aromatic heterocycles. The van der Waals surface area contributed by atoms with Crippen LogP contribution in [0.5, 0.6) is 0 Å². The van der Waals surface area contributed by atoms with Crippen molar-refractivity contribution in [2.24, 2.45) is 17.8 Å². The van der Waals surface area contributed by atoms with Crippen molar-refractivity contribution < 1.29 is 14.6 Å². The van der Waals surface area contributed by atoms with Crippen LogP contribution in [0, 0.1) is 17.8 Å². The Labute approximate surface area is 205 Å². The summed E-state index contributed by atoms with van der Waals surface area (Å²) in [4.78, 5) is 28.1. The summed E-state index contributed by atoms with van der Waals surface area (Å²) in [6.07, 6.45) is 3.26. The number of carbonyl (C=O) groups excluding carboxylic acids is 1. The molecule has 6 nitrogen and oxygen atoms in total. The van der Waals surface area contributed by atoms with E-state index in [0.29, 0.717) is 36.8 Å². The lowest BCUT2D eigenvalue weighted by Gasteiger charge is -2.47. The first-order chi connectivity index (χ1) is 16.1.